The van der Waals surface area contributed by atoms with Crippen molar-refractivity contribution in [2.75, 3.05) is 11.9 Å². The summed E-state index contributed by atoms with van der Waals surface area (Å²) in [7, 11) is 0. The molecule has 1 amide bonds. The zero-order valence-electron chi connectivity index (χ0n) is 15.8. The number of rotatable bonds is 5. The Hall–Kier alpha value is -2.30. The Balaban J connectivity index is 1.59. The molecule has 4 rings (SSSR count). The number of carbonyl (C=O) groups excluding carboxylic acids is 1. The average Bonchev–Trinajstić information content (AvgIpc) is 3.25. The SMILES string of the molecule is CCNC(=O)[C@H]1OC(n2cnc3c(NC4CCCCC4)ncnc32)[C@H](O)[C@@H]1O. The van der Waals surface area contributed by atoms with E-state index in [0.29, 0.717) is 29.6 Å². The summed E-state index contributed by atoms with van der Waals surface area (Å²) < 4.78 is 7.21. The standard InChI is InChI=1S/C18H26N6O4/c1-2-19-17(27)14-12(25)13(26)18(28-14)24-9-22-11-15(20-8-21-16(11)24)23-10-6-4-3-5-7-10/h8-10,12-14,18,25-26H,2-7H2,1H3,(H,19,27)(H,20,21,23)/t12-,13+,14-,18?/m0/s1. The molecular weight excluding hydrogens is 364 g/mol. The fraction of sp³-hybridized carbons (Fsp3) is 0.667. The van der Waals surface area contributed by atoms with Gasteiger partial charge in [0.15, 0.2) is 29.3 Å². The third kappa shape index (κ3) is 3.43. The molecule has 0 aromatic carbocycles. The number of anilines is 1. The van der Waals surface area contributed by atoms with E-state index in [2.05, 4.69) is 25.6 Å². The van der Waals surface area contributed by atoms with Gasteiger partial charge in [-0.2, -0.15) is 0 Å². The summed E-state index contributed by atoms with van der Waals surface area (Å²) in [6.45, 7) is 2.18. The summed E-state index contributed by atoms with van der Waals surface area (Å²) in [6.07, 6.45) is 4.03. The van der Waals surface area contributed by atoms with E-state index in [-0.39, 0.29) is 0 Å². The first-order chi connectivity index (χ1) is 13.6. The lowest BCUT2D eigenvalue weighted by molar-refractivity contribution is -0.137. The topological polar surface area (TPSA) is 134 Å². The predicted octanol–water partition coefficient (Wildman–Crippen LogP) is 0.326. The van der Waals surface area contributed by atoms with Crippen LogP contribution in [0.1, 0.15) is 45.3 Å². The number of hydrogen-bond acceptors (Lipinski definition) is 8. The minimum atomic E-state index is -1.34. The monoisotopic (exact) mass is 390 g/mol. The summed E-state index contributed by atoms with van der Waals surface area (Å²) in [5.41, 5.74) is 1.04. The number of fused-ring (bicyclic) bond motifs is 1. The van der Waals surface area contributed by atoms with Crippen molar-refractivity contribution in [3.05, 3.63) is 12.7 Å². The number of imidazole rings is 1. The van der Waals surface area contributed by atoms with Crippen molar-refractivity contribution < 1.29 is 19.7 Å². The molecule has 0 spiro atoms. The van der Waals surface area contributed by atoms with Crippen LogP contribution in [0, 0.1) is 0 Å². The fourth-order valence-corrected chi connectivity index (χ4v) is 3.96. The zero-order chi connectivity index (χ0) is 19.7. The molecule has 1 saturated carbocycles. The van der Waals surface area contributed by atoms with Crippen LogP contribution in [-0.4, -0.2) is 66.5 Å². The molecule has 1 saturated heterocycles. The molecule has 0 bridgehead atoms. The Kier molecular flexibility index (Phi) is 5.42. The summed E-state index contributed by atoms with van der Waals surface area (Å²) in [4.78, 5) is 25.1. The van der Waals surface area contributed by atoms with Gasteiger partial charge in [-0.1, -0.05) is 19.3 Å². The van der Waals surface area contributed by atoms with Crippen LogP contribution >= 0.6 is 0 Å². The van der Waals surface area contributed by atoms with E-state index in [9.17, 15) is 15.0 Å². The van der Waals surface area contributed by atoms with Crippen LogP contribution in [-0.2, 0) is 9.53 Å². The third-order valence-corrected chi connectivity index (χ3v) is 5.43. The van der Waals surface area contributed by atoms with Gasteiger partial charge in [0.25, 0.3) is 5.91 Å². The van der Waals surface area contributed by atoms with E-state index in [4.69, 9.17) is 4.74 Å². The number of aromatic nitrogens is 4. The van der Waals surface area contributed by atoms with E-state index in [0.717, 1.165) is 12.8 Å². The second-order valence-electron chi connectivity index (χ2n) is 7.35. The molecule has 3 heterocycles. The quantitative estimate of drug-likeness (QED) is 0.574. The van der Waals surface area contributed by atoms with Crippen molar-refractivity contribution in [2.24, 2.45) is 0 Å². The highest BCUT2D eigenvalue weighted by atomic mass is 16.6. The molecule has 10 nitrogen and oxygen atoms in total. The van der Waals surface area contributed by atoms with E-state index in [1.807, 2.05) is 0 Å². The van der Waals surface area contributed by atoms with Crippen LogP contribution < -0.4 is 10.6 Å². The molecule has 2 fully saturated rings. The molecule has 28 heavy (non-hydrogen) atoms. The second kappa shape index (κ2) is 7.98. The molecule has 1 aliphatic heterocycles. The molecule has 152 valence electrons. The van der Waals surface area contributed by atoms with E-state index in [1.165, 1.54) is 36.5 Å². The summed E-state index contributed by atoms with van der Waals surface area (Å²) >= 11 is 0. The van der Waals surface area contributed by atoms with Gasteiger partial charge in [0.05, 0.1) is 6.33 Å². The maximum absolute atomic E-state index is 12.1. The maximum Gasteiger partial charge on any atom is 0.252 e. The Morgan fingerprint density at radius 2 is 2.00 bits per heavy atom. The van der Waals surface area contributed by atoms with Gasteiger partial charge in [0.1, 0.15) is 18.5 Å². The van der Waals surface area contributed by atoms with Gasteiger partial charge in [-0.05, 0) is 19.8 Å². The lowest BCUT2D eigenvalue weighted by atomic mass is 9.95. The first-order valence-electron chi connectivity index (χ1n) is 9.83. The normalized spacial score (nSPS) is 28.5. The van der Waals surface area contributed by atoms with Crippen LogP contribution in [0.4, 0.5) is 5.82 Å². The summed E-state index contributed by atoms with van der Waals surface area (Å²) in [6, 6.07) is 0.356. The number of aliphatic hydroxyl groups excluding tert-OH is 2. The number of aliphatic hydroxyl groups is 2. The molecular formula is C18H26N6O4. The van der Waals surface area contributed by atoms with Crippen LogP contribution in [0.3, 0.4) is 0 Å². The fourth-order valence-electron chi connectivity index (χ4n) is 3.96. The van der Waals surface area contributed by atoms with E-state index >= 15 is 0 Å². The molecule has 1 unspecified atom stereocenters. The molecule has 2 aromatic heterocycles. The molecule has 2 aromatic rings. The lowest BCUT2D eigenvalue weighted by Crippen LogP contribution is -2.42. The second-order valence-corrected chi connectivity index (χ2v) is 7.35. The van der Waals surface area contributed by atoms with E-state index in [1.54, 1.807) is 6.92 Å². The highest BCUT2D eigenvalue weighted by molar-refractivity contribution is 5.83. The third-order valence-electron chi connectivity index (χ3n) is 5.43. The predicted molar refractivity (Wildman–Crippen MR) is 100 cm³/mol. The molecule has 4 N–H and O–H groups in total. The number of carbonyl (C=O) groups is 1. The number of ether oxygens (including phenoxy) is 1. The van der Waals surface area contributed by atoms with Crippen molar-refractivity contribution in [1.29, 1.82) is 0 Å². The van der Waals surface area contributed by atoms with Gasteiger partial charge >= 0.3 is 0 Å². The number of nitrogens with zero attached hydrogens (tertiary/aromatic N) is 4. The van der Waals surface area contributed by atoms with Gasteiger partial charge in [-0.3, -0.25) is 9.36 Å². The number of amides is 1. The number of likely N-dealkylation sites (N-methyl/N-ethyl adjacent to an activating group) is 1. The number of nitrogens with one attached hydrogen (secondary N) is 2. The van der Waals surface area contributed by atoms with Crippen LogP contribution in [0.15, 0.2) is 12.7 Å². The van der Waals surface area contributed by atoms with Gasteiger partial charge in [-0.25, -0.2) is 15.0 Å². The molecule has 10 heteroatoms. The highest BCUT2D eigenvalue weighted by Crippen LogP contribution is 2.33. The minimum absolute atomic E-state index is 0.356. The van der Waals surface area contributed by atoms with Crippen LogP contribution in [0.5, 0.6) is 0 Å². The Bertz CT molecular complexity index is 837. The van der Waals surface area contributed by atoms with Gasteiger partial charge < -0.3 is 25.6 Å². The zero-order valence-corrected chi connectivity index (χ0v) is 15.8. The van der Waals surface area contributed by atoms with Crippen LogP contribution in [0.25, 0.3) is 11.2 Å². The van der Waals surface area contributed by atoms with Gasteiger partial charge in [-0.15, -0.1) is 0 Å². The Morgan fingerprint density at radius 3 is 2.75 bits per heavy atom. The lowest BCUT2D eigenvalue weighted by Gasteiger charge is -2.23. The highest BCUT2D eigenvalue weighted by Gasteiger charge is 2.47. The largest absolute Gasteiger partial charge is 0.387 e. The van der Waals surface area contributed by atoms with Crippen molar-refractivity contribution in [3.8, 4) is 0 Å². The first kappa shape index (κ1) is 19.0. The van der Waals surface area contributed by atoms with Crippen molar-refractivity contribution in [1.82, 2.24) is 24.8 Å². The summed E-state index contributed by atoms with van der Waals surface area (Å²) in [5.74, 6) is 0.180. The number of hydrogen-bond donors (Lipinski definition) is 4. The smallest absolute Gasteiger partial charge is 0.252 e. The summed E-state index contributed by atoms with van der Waals surface area (Å²) in [5, 5.41) is 26.7. The maximum atomic E-state index is 12.1. The van der Waals surface area contributed by atoms with Gasteiger partial charge in [0, 0.05) is 12.6 Å². The Labute approximate surface area is 162 Å². The first-order valence-corrected chi connectivity index (χ1v) is 9.83. The Morgan fingerprint density at radius 1 is 1.21 bits per heavy atom. The molecule has 1 aliphatic carbocycles. The van der Waals surface area contributed by atoms with E-state index < -0.39 is 30.4 Å². The van der Waals surface area contributed by atoms with Crippen molar-refractivity contribution >= 4 is 22.9 Å². The minimum Gasteiger partial charge on any atom is -0.387 e. The average molecular weight is 390 g/mol. The van der Waals surface area contributed by atoms with Gasteiger partial charge in [0.2, 0.25) is 0 Å². The van der Waals surface area contributed by atoms with Crippen molar-refractivity contribution in [2.45, 2.75) is 69.6 Å². The van der Waals surface area contributed by atoms with Crippen LogP contribution in [0.2, 0.25) is 0 Å². The molecule has 4 atom stereocenters. The van der Waals surface area contributed by atoms with Crippen molar-refractivity contribution in [3.63, 3.8) is 0 Å². The molecule has 0 radical (unpaired) electrons. The molecule has 2 aliphatic rings.